The lowest BCUT2D eigenvalue weighted by Gasteiger charge is -2.19. The largest absolute Gasteiger partial charge is 0.384 e. The fraction of sp³-hybridized carbons (Fsp3) is 0.107. The van der Waals surface area contributed by atoms with Gasteiger partial charge in [-0.1, -0.05) is 48.5 Å². The number of nitrogens with two attached hydrogens (primary N) is 1. The lowest BCUT2D eigenvalue weighted by atomic mass is 9.96. The number of amides is 1. The molecule has 0 saturated carbocycles. The minimum atomic E-state index is -4.08. The molecule has 0 bridgehead atoms. The number of Topliss-reactive ketones (excluding diaryl/α,β-unsaturated/α-hetero) is 1. The van der Waals surface area contributed by atoms with E-state index >= 15 is 0 Å². The predicted octanol–water partition coefficient (Wildman–Crippen LogP) is 3.39. The van der Waals surface area contributed by atoms with Gasteiger partial charge in [0, 0.05) is 16.8 Å². The monoisotopic (exact) mass is 512 g/mol. The van der Waals surface area contributed by atoms with Gasteiger partial charge in [0.15, 0.2) is 5.78 Å². The summed E-state index contributed by atoms with van der Waals surface area (Å²) in [5.74, 6) is -0.716. The second-order valence-electron chi connectivity index (χ2n) is 8.96. The zero-order chi connectivity index (χ0) is 26.2. The van der Waals surface area contributed by atoms with Gasteiger partial charge in [-0.05, 0) is 64.7 Å². The highest BCUT2D eigenvalue weighted by molar-refractivity contribution is 7.89. The summed E-state index contributed by atoms with van der Waals surface area (Å²) in [5.41, 5.74) is 8.36. The number of benzene rings is 4. The summed E-state index contributed by atoms with van der Waals surface area (Å²) in [6.45, 7) is 0. The Morgan fingerprint density at radius 2 is 1.73 bits per heavy atom. The number of sulfonamides is 1. The first-order valence-corrected chi connectivity index (χ1v) is 13.1. The van der Waals surface area contributed by atoms with Crippen LogP contribution in [0, 0.1) is 5.41 Å². The third-order valence-electron chi connectivity index (χ3n) is 6.34. The third-order valence-corrected chi connectivity index (χ3v) is 7.81. The number of nitrogens with one attached hydrogen (secondary N) is 3. The number of hydrogen-bond acceptors (Lipinski definition) is 5. The molecule has 4 aromatic carbocycles. The maximum absolute atomic E-state index is 13.7. The zero-order valence-corrected chi connectivity index (χ0v) is 20.5. The van der Waals surface area contributed by atoms with E-state index < -0.39 is 21.8 Å². The highest BCUT2D eigenvalue weighted by atomic mass is 32.2. The average Bonchev–Trinajstić information content (AvgIpc) is 3.26. The standard InChI is InChI=1S/C28H24N4O4S/c29-28(30)21-7-3-4-17(12-21)13-25(27(34)20-9-11-24-22(14-20)16-26(33)31-24)32-37(35,36)23-10-8-18-5-1-2-6-19(18)15-23/h1-12,14-15,25,32H,13,16H2,(H3,29,30)(H,31,33)/t25-/m0/s1. The van der Waals surface area contributed by atoms with Gasteiger partial charge in [0.05, 0.1) is 17.4 Å². The van der Waals surface area contributed by atoms with E-state index in [2.05, 4.69) is 10.0 Å². The molecule has 186 valence electrons. The summed E-state index contributed by atoms with van der Waals surface area (Å²) >= 11 is 0. The van der Waals surface area contributed by atoms with Crippen molar-refractivity contribution in [3.63, 3.8) is 0 Å². The molecule has 1 amide bonds. The molecule has 0 radical (unpaired) electrons. The van der Waals surface area contributed by atoms with Crippen LogP contribution >= 0.6 is 0 Å². The molecule has 1 heterocycles. The molecule has 1 aliphatic rings. The number of rotatable bonds is 8. The fourth-order valence-electron chi connectivity index (χ4n) is 4.46. The van der Waals surface area contributed by atoms with Gasteiger partial charge in [0.25, 0.3) is 0 Å². The number of carbonyl (C=O) groups is 2. The van der Waals surface area contributed by atoms with Crippen LogP contribution in [0.15, 0.2) is 89.8 Å². The van der Waals surface area contributed by atoms with Crippen LogP contribution in [0.2, 0.25) is 0 Å². The van der Waals surface area contributed by atoms with E-state index in [1.165, 1.54) is 6.07 Å². The maximum atomic E-state index is 13.7. The first kappa shape index (κ1) is 24.4. The predicted molar refractivity (Wildman–Crippen MR) is 142 cm³/mol. The van der Waals surface area contributed by atoms with Crippen LogP contribution in [-0.4, -0.2) is 32.0 Å². The number of fused-ring (bicyclic) bond motifs is 2. The van der Waals surface area contributed by atoms with E-state index in [0.717, 1.165) is 10.8 Å². The Morgan fingerprint density at radius 3 is 2.51 bits per heavy atom. The normalized spacial score (nSPS) is 13.7. The van der Waals surface area contributed by atoms with Crippen molar-refractivity contribution < 1.29 is 18.0 Å². The van der Waals surface area contributed by atoms with Crippen molar-refractivity contribution in [2.75, 3.05) is 5.32 Å². The molecule has 0 aliphatic carbocycles. The van der Waals surface area contributed by atoms with Gasteiger partial charge in [0.1, 0.15) is 5.84 Å². The molecular weight excluding hydrogens is 488 g/mol. The van der Waals surface area contributed by atoms with Crippen LogP contribution in [0.5, 0.6) is 0 Å². The van der Waals surface area contributed by atoms with Crippen molar-refractivity contribution in [1.82, 2.24) is 4.72 Å². The summed E-state index contributed by atoms with van der Waals surface area (Å²) in [5, 5.41) is 12.1. The number of anilines is 1. The van der Waals surface area contributed by atoms with E-state index in [0.29, 0.717) is 27.9 Å². The maximum Gasteiger partial charge on any atom is 0.241 e. The van der Waals surface area contributed by atoms with Crippen LogP contribution in [0.4, 0.5) is 5.69 Å². The van der Waals surface area contributed by atoms with Crippen molar-refractivity contribution >= 4 is 44.0 Å². The molecule has 8 nitrogen and oxygen atoms in total. The Morgan fingerprint density at radius 1 is 0.946 bits per heavy atom. The summed E-state index contributed by atoms with van der Waals surface area (Å²) in [7, 11) is -4.08. The van der Waals surface area contributed by atoms with E-state index in [1.54, 1.807) is 54.6 Å². The molecule has 37 heavy (non-hydrogen) atoms. The lowest BCUT2D eigenvalue weighted by Crippen LogP contribution is -2.42. The molecule has 5 rings (SSSR count). The van der Waals surface area contributed by atoms with Gasteiger partial charge in [-0.25, -0.2) is 8.42 Å². The van der Waals surface area contributed by atoms with Gasteiger partial charge in [0.2, 0.25) is 15.9 Å². The third kappa shape index (κ3) is 5.13. The van der Waals surface area contributed by atoms with Gasteiger partial charge in [-0.3, -0.25) is 15.0 Å². The summed E-state index contributed by atoms with van der Waals surface area (Å²) in [4.78, 5) is 25.5. The van der Waals surface area contributed by atoms with Crippen molar-refractivity contribution in [1.29, 1.82) is 5.41 Å². The molecule has 4 aromatic rings. The lowest BCUT2D eigenvalue weighted by molar-refractivity contribution is -0.115. The van der Waals surface area contributed by atoms with Crippen molar-refractivity contribution in [3.05, 3.63) is 107 Å². The Kier molecular flexibility index (Phi) is 6.32. The molecule has 0 spiro atoms. The molecule has 1 aliphatic heterocycles. The number of nitrogen functional groups attached to an aromatic ring is 1. The van der Waals surface area contributed by atoms with Crippen LogP contribution in [0.25, 0.3) is 10.8 Å². The summed E-state index contributed by atoms with van der Waals surface area (Å²) in [6.07, 6.45) is 0.200. The van der Waals surface area contributed by atoms with Gasteiger partial charge in [-0.2, -0.15) is 4.72 Å². The highest BCUT2D eigenvalue weighted by Gasteiger charge is 2.29. The second-order valence-corrected chi connectivity index (χ2v) is 10.7. The molecule has 0 aromatic heterocycles. The van der Waals surface area contributed by atoms with Crippen molar-refractivity contribution in [3.8, 4) is 0 Å². The molecule has 0 saturated heterocycles. The highest BCUT2D eigenvalue weighted by Crippen LogP contribution is 2.26. The quantitative estimate of drug-likeness (QED) is 0.163. The van der Waals surface area contributed by atoms with Crippen molar-refractivity contribution in [2.24, 2.45) is 5.73 Å². The van der Waals surface area contributed by atoms with Gasteiger partial charge < -0.3 is 11.1 Å². The number of hydrogen-bond donors (Lipinski definition) is 4. The number of amidine groups is 1. The number of ketones is 1. The Balaban J connectivity index is 1.51. The molecule has 5 N–H and O–H groups in total. The average molecular weight is 513 g/mol. The Hall–Kier alpha value is -4.34. The van der Waals surface area contributed by atoms with E-state index in [9.17, 15) is 18.0 Å². The smallest absolute Gasteiger partial charge is 0.241 e. The minimum Gasteiger partial charge on any atom is -0.384 e. The Labute approximate surface area is 214 Å². The van der Waals surface area contributed by atoms with Crippen LogP contribution < -0.4 is 15.8 Å². The molecule has 0 unspecified atom stereocenters. The van der Waals surface area contributed by atoms with E-state index in [-0.39, 0.29) is 29.5 Å². The zero-order valence-electron chi connectivity index (χ0n) is 19.7. The fourth-order valence-corrected chi connectivity index (χ4v) is 5.69. The van der Waals surface area contributed by atoms with Gasteiger partial charge in [-0.15, -0.1) is 0 Å². The minimum absolute atomic E-state index is 0.0427. The number of carbonyl (C=O) groups excluding carboxylic acids is 2. The first-order chi connectivity index (χ1) is 17.7. The van der Waals surface area contributed by atoms with Crippen LogP contribution in [0.3, 0.4) is 0 Å². The van der Waals surface area contributed by atoms with E-state index in [1.807, 2.05) is 24.3 Å². The van der Waals surface area contributed by atoms with Crippen LogP contribution in [-0.2, 0) is 27.7 Å². The molecule has 0 fully saturated rings. The Bertz CT molecular complexity index is 1680. The molecule has 1 atom stereocenters. The molecular formula is C28H24N4O4S. The van der Waals surface area contributed by atoms with Gasteiger partial charge >= 0.3 is 0 Å². The SMILES string of the molecule is N=C(N)c1cccc(C[C@H](NS(=O)(=O)c2ccc3ccccc3c2)C(=O)c2ccc3c(c2)CC(=O)N3)c1. The first-order valence-electron chi connectivity index (χ1n) is 11.6. The topological polar surface area (TPSA) is 142 Å². The van der Waals surface area contributed by atoms with Crippen LogP contribution in [0.1, 0.15) is 27.0 Å². The van der Waals surface area contributed by atoms with Crippen molar-refractivity contribution in [2.45, 2.75) is 23.8 Å². The summed E-state index contributed by atoms with van der Waals surface area (Å²) in [6, 6.07) is 22.7. The van der Waals surface area contributed by atoms with E-state index in [4.69, 9.17) is 11.1 Å². The summed E-state index contributed by atoms with van der Waals surface area (Å²) < 4.78 is 29.5. The molecule has 9 heteroatoms. The second kappa shape index (κ2) is 9.61.